The average Bonchev–Trinajstić information content (AvgIpc) is 3.11. The van der Waals surface area contributed by atoms with Crippen LogP contribution < -0.4 is 10.6 Å². The maximum Gasteiger partial charge on any atom is 0.319 e. The highest BCUT2D eigenvalue weighted by atomic mass is 32.1. The van der Waals surface area contributed by atoms with Crippen LogP contribution in [-0.4, -0.2) is 16.1 Å². The molecule has 136 valence electrons. The van der Waals surface area contributed by atoms with Crippen molar-refractivity contribution < 1.29 is 9.90 Å². The molecule has 0 saturated carbocycles. The Morgan fingerprint density at radius 2 is 1.89 bits per heavy atom. The van der Waals surface area contributed by atoms with Gasteiger partial charge in [-0.15, -0.1) is 11.3 Å². The number of nitrogens with zero attached hydrogens (tertiary/aromatic N) is 1. The first-order chi connectivity index (χ1) is 13.0. The molecule has 6 heteroatoms. The summed E-state index contributed by atoms with van der Waals surface area (Å²) in [6.07, 6.45) is 0. The fourth-order valence-corrected chi connectivity index (χ4v) is 4.15. The Labute approximate surface area is 161 Å². The standard InChI is InChI=1S/C21H19N3O2S/c1-12-6-8-14(9-7-12)17-11-27-20(23-17)18-13(2)22-21(26)24-19(18)15-4-3-5-16(25)10-15/h3-11,19,25H,1-2H3,(H2,22,24,26). The first-order valence-electron chi connectivity index (χ1n) is 8.61. The molecular formula is C21H19N3O2S. The first-order valence-corrected chi connectivity index (χ1v) is 9.49. The number of hydrogen-bond acceptors (Lipinski definition) is 4. The minimum Gasteiger partial charge on any atom is -0.508 e. The number of aromatic nitrogens is 1. The van der Waals surface area contributed by atoms with E-state index in [2.05, 4.69) is 41.8 Å². The molecule has 1 atom stereocenters. The highest BCUT2D eigenvalue weighted by Crippen LogP contribution is 2.37. The molecule has 1 aromatic heterocycles. The lowest BCUT2D eigenvalue weighted by atomic mass is 9.96. The second-order valence-corrected chi connectivity index (χ2v) is 7.43. The number of carbonyl (C=O) groups is 1. The Bertz CT molecular complexity index is 1040. The summed E-state index contributed by atoms with van der Waals surface area (Å²) in [5.74, 6) is 0.164. The SMILES string of the molecule is CC1=C(c2nc(-c3ccc(C)cc3)cs2)C(c2cccc(O)c2)NC(=O)N1. The third kappa shape index (κ3) is 3.44. The zero-order chi connectivity index (χ0) is 19.0. The van der Waals surface area contributed by atoms with Crippen molar-refractivity contribution in [2.24, 2.45) is 0 Å². The van der Waals surface area contributed by atoms with Crippen molar-refractivity contribution >= 4 is 22.9 Å². The number of hydrogen-bond donors (Lipinski definition) is 3. The fraction of sp³-hybridized carbons (Fsp3) is 0.143. The highest BCUT2D eigenvalue weighted by molar-refractivity contribution is 7.11. The minimum absolute atomic E-state index is 0.164. The number of rotatable bonds is 3. The third-order valence-electron chi connectivity index (χ3n) is 4.55. The van der Waals surface area contributed by atoms with Gasteiger partial charge < -0.3 is 15.7 Å². The number of carbonyl (C=O) groups excluding carboxylic acids is 1. The van der Waals surface area contributed by atoms with E-state index in [1.165, 1.54) is 16.9 Å². The molecule has 0 spiro atoms. The van der Waals surface area contributed by atoms with Crippen molar-refractivity contribution in [3.8, 4) is 17.0 Å². The number of aryl methyl sites for hydroxylation is 1. The Morgan fingerprint density at radius 3 is 2.63 bits per heavy atom. The number of thiazole rings is 1. The summed E-state index contributed by atoms with van der Waals surface area (Å²) in [6, 6.07) is 14.5. The van der Waals surface area contributed by atoms with Gasteiger partial charge in [-0.05, 0) is 31.5 Å². The number of nitrogens with one attached hydrogen (secondary N) is 2. The molecule has 0 radical (unpaired) electrons. The number of amides is 2. The van der Waals surface area contributed by atoms with Gasteiger partial charge in [-0.1, -0.05) is 42.0 Å². The van der Waals surface area contributed by atoms with Gasteiger partial charge >= 0.3 is 6.03 Å². The van der Waals surface area contributed by atoms with Crippen LogP contribution in [0.2, 0.25) is 0 Å². The van der Waals surface area contributed by atoms with Gasteiger partial charge in [-0.25, -0.2) is 9.78 Å². The molecule has 2 heterocycles. The van der Waals surface area contributed by atoms with E-state index < -0.39 is 0 Å². The normalized spacial score (nSPS) is 16.8. The van der Waals surface area contributed by atoms with E-state index in [4.69, 9.17) is 4.98 Å². The Kier molecular flexibility index (Phi) is 4.41. The topological polar surface area (TPSA) is 74.2 Å². The van der Waals surface area contributed by atoms with Gasteiger partial charge in [0.15, 0.2) is 0 Å². The molecule has 5 nitrogen and oxygen atoms in total. The number of urea groups is 1. The number of allylic oxidation sites excluding steroid dienone is 1. The minimum atomic E-state index is -0.372. The molecule has 2 amide bonds. The molecule has 0 fully saturated rings. The van der Waals surface area contributed by atoms with Crippen LogP contribution in [0.1, 0.15) is 29.1 Å². The van der Waals surface area contributed by atoms with Gasteiger partial charge in [0.25, 0.3) is 0 Å². The zero-order valence-corrected chi connectivity index (χ0v) is 15.8. The summed E-state index contributed by atoms with van der Waals surface area (Å²) < 4.78 is 0. The average molecular weight is 377 g/mol. The van der Waals surface area contributed by atoms with Crippen molar-refractivity contribution in [1.29, 1.82) is 0 Å². The highest BCUT2D eigenvalue weighted by Gasteiger charge is 2.29. The van der Waals surface area contributed by atoms with Crippen LogP contribution in [0.3, 0.4) is 0 Å². The van der Waals surface area contributed by atoms with Crippen LogP contribution in [0, 0.1) is 6.92 Å². The van der Waals surface area contributed by atoms with Crippen LogP contribution in [0.25, 0.3) is 16.8 Å². The van der Waals surface area contributed by atoms with Gasteiger partial charge in [0, 0.05) is 22.2 Å². The van der Waals surface area contributed by atoms with Gasteiger partial charge in [0.05, 0.1) is 11.7 Å². The molecule has 27 heavy (non-hydrogen) atoms. The summed E-state index contributed by atoms with van der Waals surface area (Å²) in [7, 11) is 0. The molecule has 2 aromatic carbocycles. The van der Waals surface area contributed by atoms with Crippen LogP contribution in [0.5, 0.6) is 5.75 Å². The van der Waals surface area contributed by atoms with E-state index in [-0.39, 0.29) is 17.8 Å². The molecule has 0 aliphatic carbocycles. The van der Waals surface area contributed by atoms with Crippen LogP contribution in [-0.2, 0) is 0 Å². The quantitative estimate of drug-likeness (QED) is 0.624. The molecule has 4 rings (SSSR count). The molecule has 3 N–H and O–H groups in total. The lowest BCUT2D eigenvalue weighted by Crippen LogP contribution is -2.42. The van der Waals surface area contributed by atoms with E-state index >= 15 is 0 Å². The summed E-state index contributed by atoms with van der Waals surface area (Å²) in [5, 5.41) is 18.5. The maximum atomic E-state index is 12.0. The second-order valence-electron chi connectivity index (χ2n) is 6.57. The van der Waals surface area contributed by atoms with E-state index in [9.17, 15) is 9.90 Å². The van der Waals surface area contributed by atoms with Gasteiger partial charge in [0.1, 0.15) is 10.8 Å². The van der Waals surface area contributed by atoms with E-state index in [1.54, 1.807) is 18.2 Å². The maximum absolute atomic E-state index is 12.0. The van der Waals surface area contributed by atoms with Crippen molar-refractivity contribution in [3.63, 3.8) is 0 Å². The lowest BCUT2D eigenvalue weighted by molar-refractivity contribution is 0.240. The van der Waals surface area contributed by atoms with Crippen LogP contribution in [0.4, 0.5) is 4.79 Å². The lowest BCUT2D eigenvalue weighted by Gasteiger charge is -2.28. The predicted molar refractivity (Wildman–Crippen MR) is 107 cm³/mol. The smallest absolute Gasteiger partial charge is 0.319 e. The Balaban J connectivity index is 1.76. The molecule has 1 unspecified atom stereocenters. The van der Waals surface area contributed by atoms with Gasteiger partial charge in [-0.2, -0.15) is 0 Å². The van der Waals surface area contributed by atoms with E-state index in [1.807, 2.05) is 18.4 Å². The van der Waals surface area contributed by atoms with Crippen LogP contribution in [0.15, 0.2) is 59.6 Å². The van der Waals surface area contributed by atoms with Gasteiger partial charge in [-0.3, -0.25) is 0 Å². The third-order valence-corrected chi connectivity index (χ3v) is 5.43. The second kappa shape index (κ2) is 6.89. The van der Waals surface area contributed by atoms with Gasteiger partial charge in [0.2, 0.25) is 0 Å². The van der Waals surface area contributed by atoms with E-state index in [0.29, 0.717) is 0 Å². The summed E-state index contributed by atoms with van der Waals surface area (Å²) >= 11 is 1.54. The monoisotopic (exact) mass is 377 g/mol. The predicted octanol–water partition coefficient (Wildman–Crippen LogP) is 4.61. The van der Waals surface area contributed by atoms with Crippen molar-refractivity contribution in [2.75, 3.05) is 0 Å². The zero-order valence-electron chi connectivity index (χ0n) is 15.0. The van der Waals surface area contributed by atoms with Crippen molar-refractivity contribution in [2.45, 2.75) is 19.9 Å². The molecule has 0 saturated heterocycles. The molecular weight excluding hydrogens is 358 g/mol. The molecule has 3 aromatic rings. The fourth-order valence-electron chi connectivity index (χ4n) is 3.19. The summed E-state index contributed by atoms with van der Waals surface area (Å²) in [6.45, 7) is 3.93. The first kappa shape index (κ1) is 17.3. The number of aromatic hydroxyl groups is 1. The number of phenols is 1. The van der Waals surface area contributed by atoms with Crippen molar-refractivity contribution in [1.82, 2.24) is 15.6 Å². The van der Waals surface area contributed by atoms with Crippen molar-refractivity contribution in [3.05, 3.63) is 75.7 Å². The largest absolute Gasteiger partial charge is 0.508 e. The summed E-state index contributed by atoms with van der Waals surface area (Å²) in [4.78, 5) is 16.9. The summed E-state index contributed by atoms with van der Waals surface area (Å²) in [5.41, 5.74) is 5.65. The number of phenolic OH excluding ortho intramolecular Hbond substituents is 1. The van der Waals surface area contributed by atoms with Crippen LogP contribution >= 0.6 is 11.3 Å². The molecule has 1 aliphatic rings. The number of benzene rings is 2. The Morgan fingerprint density at radius 1 is 1.11 bits per heavy atom. The Hall–Kier alpha value is -3.12. The molecule has 0 bridgehead atoms. The van der Waals surface area contributed by atoms with E-state index in [0.717, 1.165) is 33.1 Å². The molecule has 1 aliphatic heterocycles.